The number of hydrogen-bond acceptors (Lipinski definition) is 4. The van der Waals surface area contributed by atoms with Crippen molar-refractivity contribution in [2.45, 2.75) is 62.9 Å². The summed E-state index contributed by atoms with van der Waals surface area (Å²) in [7, 11) is -1.55. The maximum atomic E-state index is 12.9. The molecule has 3 rings (SSSR count). The number of aryl methyl sites for hydroxylation is 1. The first-order valence-electron chi connectivity index (χ1n) is 10.4. The molecule has 1 amide bonds. The van der Waals surface area contributed by atoms with Gasteiger partial charge < -0.3 is 4.90 Å². The molecule has 6 nitrogen and oxygen atoms in total. The molecular formula is C21H33N3O3S. The fourth-order valence-electron chi connectivity index (χ4n) is 4.29. The van der Waals surface area contributed by atoms with Crippen LogP contribution in [-0.2, 0) is 14.8 Å². The van der Waals surface area contributed by atoms with E-state index in [-0.39, 0.29) is 11.9 Å². The zero-order valence-electron chi connectivity index (χ0n) is 17.3. The zero-order valence-corrected chi connectivity index (χ0v) is 18.1. The highest BCUT2D eigenvalue weighted by molar-refractivity contribution is 7.89. The summed E-state index contributed by atoms with van der Waals surface area (Å²) in [6, 6.07) is 7.13. The minimum Gasteiger partial charge on any atom is -0.341 e. The summed E-state index contributed by atoms with van der Waals surface area (Å²) >= 11 is 0. The van der Waals surface area contributed by atoms with Crippen LogP contribution in [0.5, 0.6) is 0 Å². The number of rotatable bonds is 5. The van der Waals surface area contributed by atoms with Gasteiger partial charge in [-0.25, -0.2) is 8.42 Å². The molecule has 1 saturated heterocycles. The van der Waals surface area contributed by atoms with Gasteiger partial charge in [0.1, 0.15) is 0 Å². The molecule has 1 aliphatic heterocycles. The van der Waals surface area contributed by atoms with E-state index in [1.54, 1.807) is 12.1 Å². The van der Waals surface area contributed by atoms with Crippen molar-refractivity contribution < 1.29 is 13.2 Å². The summed E-state index contributed by atoms with van der Waals surface area (Å²) in [6.45, 7) is 5.89. The molecule has 1 saturated carbocycles. The van der Waals surface area contributed by atoms with Gasteiger partial charge in [-0.1, -0.05) is 37.0 Å². The largest absolute Gasteiger partial charge is 0.341 e. The summed E-state index contributed by atoms with van der Waals surface area (Å²) < 4.78 is 27.2. The lowest BCUT2D eigenvalue weighted by Crippen LogP contribution is -2.56. The zero-order chi connectivity index (χ0) is 20.3. The van der Waals surface area contributed by atoms with Crippen LogP contribution in [0.25, 0.3) is 0 Å². The number of nitrogens with zero attached hydrogens (tertiary/aromatic N) is 3. The van der Waals surface area contributed by atoms with E-state index >= 15 is 0 Å². The molecule has 1 atom stereocenters. The Balaban J connectivity index is 1.58. The molecule has 1 aliphatic carbocycles. The van der Waals surface area contributed by atoms with E-state index in [1.807, 2.05) is 37.9 Å². The number of amides is 1. The number of benzene rings is 1. The third kappa shape index (κ3) is 4.58. The van der Waals surface area contributed by atoms with Crippen LogP contribution in [0.15, 0.2) is 29.2 Å². The Morgan fingerprint density at radius 1 is 1.04 bits per heavy atom. The quantitative estimate of drug-likeness (QED) is 0.752. The van der Waals surface area contributed by atoms with Gasteiger partial charge in [-0.2, -0.15) is 4.31 Å². The van der Waals surface area contributed by atoms with Crippen LogP contribution >= 0.6 is 0 Å². The normalized spacial score (nSPS) is 21.4. The number of likely N-dealkylation sites (N-methyl/N-ethyl adjacent to an activating group) is 1. The van der Waals surface area contributed by atoms with E-state index in [0.29, 0.717) is 37.1 Å². The Hall–Kier alpha value is -1.44. The Morgan fingerprint density at radius 3 is 2.18 bits per heavy atom. The summed E-state index contributed by atoms with van der Waals surface area (Å²) in [4.78, 5) is 17.3. The molecule has 0 aromatic heterocycles. The first-order chi connectivity index (χ1) is 13.3. The molecule has 0 N–H and O–H groups in total. The van der Waals surface area contributed by atoms with Crippen LogP contribution in [0.3, 0.4) is 0 Å². The molecule has 7 heteroatoms. The minimum atomic E-state index is -3.47. The second-order valence-corrected chi connectivity index (χ2v) is 10.1. The monoisotopic (exact) mass is 407 g/mol. The van der Waals surface area contributed by atoms with Crippen molar-refractivity contribution in [1.82, 2.24) is 14.1 Å². The molecule has 156 valence electrons. The lowest BCUT2D eigenvalue weighted by Gasteiger charge is -2.39. The van der Waals surface area contributed by atoms with Crippen LogP contribution in [0.4, 0.5) is 0 Å². The van der Waals surface area contributed by atoms with E-state index in [9.17, 15) is 13.2 Å². The van der Waals surface area contributed by atoms with E-state index in [2.05, 4.69) is 4.90 Å². The Bertz CT molecular complexity index is 765. The van der Waals surface area contributed by atoms with Crippen molar-refractivity contribution >= 4 is 15.9 Å². The van der Waals surface area contributed by atoms with Crippen molar-refractivity contribution in [2.24, 2.45) is 0 Å². The lowest BCUT2D eigenvalue weighted by atomic mass is 9.94. The fraction of sp³-hybridized carbons (Fsp3) is 0.667. The van der Waals surface area contributed by atoms with Crippen molar-refractivity contribution in [2.75, 3.05) is 33.2 Å². The van der Waals surface area contributed by atoms with Crippen LogP contribution in [0, 0.1) is 6.92 Å². The molecule has 0 unspecified atom stereocenters. The second-order valence-electron chi connectivity index (χ2n) is 8.17. The number of sulfonamides is 1. The molecule has 1 aromatic rings. The molecule has 1 aromatic carbocycles. The first kappa shape index (κ1) is 21.3. The van der Waals surface area contributed by atoms with Gasteiger partial charge in [0.2, 0.25) is 15.9 Å². The van der Waals surface area contributed by atoms with Gasteiger partial charge in [0.25, 0.3) is 0 Å². The standard InChI is InChI=1S/C21H33N3O3S/c1-17-9-11-20(12-10-17)28(26,27)24-15-13-23(14-16-24)18(2)21(25)22(3)19-7-5-4-6-8-19/h9-12,18-19H,4-8,13-16H2,1-3H3/t18-/m1/s1. The van der Waals surface area contributed by atoms with Crippen LogP contribution in [0.1, 0.15) is 44.6 Å². The van der Waals surface area contributed by atoms with Crippen LogP contribution in [-0.4, -0.2) is 73.7 Å². The van der Waals surface area contributed by atoms with Crippen molar-refractivity contribution in [3.8, 4) is 0 Å². The van der Waals surface area contributed by atoms with Gasteiger partial charge in [-0.3, -0.25) is 9.69 Å². The Labute approximate surface area is 169 Å². The van der Waals surface area contributed by atoms with E-state index in [1.165, 1.54) is 23.6 Å². The molecule has 28 heavy (non-hydrogen) atoms. The molecule has 1 heterocycles. The maximum absolute atomic E-state index is 12.9. The average molecular weight is 408 g/mol. The predicted molar refractivity (Wildman–Crippen MR) is 111 cm³/mol. The summed E-state index contributed by atoms with van der Waals surface area (Å²) in [5.41, 5.74) is 1.04. The molecular weight excluding hydrogens is 374 g/mol. The smallest absolute Gasteiger partial charge is 0.243 e. The number of piperazine rings is 1. The van der Waals surface area contributed by atoms with Crippen molar-refractivity contribution in [1.29, 1.82) is 0 Å². The van der Waals surface area contributed by atoms with Crippen molar-refractivity contribution in [3.05, 3.63) is 29.8 Å². The highest BCUT2D eigenvalue weighted by atomic mass is 32.2. The highest BCUT2D eigenvalue weighted by Crippen LogP contribution is 2.23. The third-order valence-electron chi connectivity index (χ3n) is 6.31. The average Bonchev–Trinajstić information content (AvgIpc) is 2.73. The number of hydrogen-bond donors (Lipinski definition) is 0. The van der Waals surface area contributed by atoms with E-state index in [4.69, 9.17) is 0 Å². The van der Waals surface area contributed by atoms with Gasteiger partial charge in [0, 0.05) is 39.3 Å². The van der Waals surface area contributed by atoms with E-state index < -0.39 is 10.0 Å². The van der Waals surface area contributed by atoms with Gasteiger partial charge in [0.05, 0.1) is 10.9 Å². The topological polar surface area (TPSA) is 60.9 Å². The number of carbonyl (C=O) groups excluding carboxylic acids is 1. The fourth-order valence-corrected chi connectivity index (χ4v) is 5.71. The lowest BCUT2D eigenvalue weighted by molar-refractivity contribution is -0.138. The summed E-state index contributed by atoms with van der Waals surface area (Å²) in [5.74, 6) is 0.154. The predicted octanol–water partition coefficient (Wildman–Crippen LogP) is 2.48. The molecule has 2 fully saturated rings. The van der Waals surface area contributed by atoms with Gasteiger partial charge in [-0.05, 0) is 38.8 Å². The Morgan fingerprint density at radius 2 is 1.61 bits per heavy atom. The van der Waals surface area contributed by atoms with Gasteiger partial charge in [0.15, 0.2) is 0 Å². The molecule has 2 aliphatic rings. The minimum absolute atomic E-state index is 0.154. The van der Waals surface area contributed by atoms with E-state index in [0.717, 1.165) is 18.4 Å². The van der Waals surface area contributed by atoms with Gasteiger partial charge >= 0.3 is 0 Å². The molecule has 0 spiro atoms. The second kappa shape index (κ2) is 8.93. The van der Waals surface area contributed by atoms with Crippen LogP contribution < -0.4 is 0 Å². The summed E-state index contributed by atoms with van der Waals surface area (Å²) in [6.07, 6.45) is 5.86. The van der Waals surface area contributed by atoms with Crippen LogP contribution in [0.2, 0.25) is 0 Å². The third-order valence-corrected chi connectivity index (χ3v) is 8.22. The first-order valence-corrected chi connectivity index (χ1v) is 11.8. The van der Waals surface area contributed by atoms with Gasteiger partial charge in [-0.15, -0.1) is 0 Å². The summed E-state index contributed by atoms with van der Waals surface area (Å²) in [5, 5.41) is 0. The van der Waals surface area contributed by atoms with Crippen molar-refractivity contribution in [3.63, 3.8) is 0 Å². The SMILES string of the molecule is Cc1ccc(S(=O)(=O)N2CCN([C@H](C)C(=O)N(C)C3CCCCC3)CC2)cc1. The number of carbonyl (C=O) groups is 1. The highest BCUT2D eigenvalue weighted by Gasteiger charge is 2.34. The molecule has 0 bridgehead atoms. The molecule has 0 radical (unpaired) electrons. The Kier molecular flexibility index (Phi) is 6.78. The maximum Gasteiger partial charge on any atom is 0.243 e.